The molecule has 0 radical (unpaired) electrons. The van der Waals surface area contributed by atoms with Crippen LogP contribution in [0.15, 0.2) is 36.7 Å². The van der Waals surface area contributed by atoms with Crippen molar-refractivity contribution < 1.29 is 4.79 Å². The quantitative estimate of drug-likeness (QED) is 0.916. The van der Waals surface area contributed by atoms with Crippen molar-refractivity contribution in [2.45, 2.75) is 26.8 Å². The van der Waals surface area contributed by atoms with Crippen LogP contribution in [0, 0.1) is 5.41 Å². The minimum Gasteiger partial charge on any atom is -0.323 e. The zero-order valence-corrected chi connectivity index (χ0v) is 13.1. The van der Waals surface area contributed by atoms with Crippen molar-refractivity contribution in [3.8, 4) is 5.69 Å². The Morgan fingerprint density at radius 3 is 2.71 bits per heavy atom. The number of carbonyl (C=O) groups excluding carboxylic acids is 1. The fourth-order valence-corrected chi connectivity index (χ4v) is 2.00. The van der Waals surface area contributed by atoms with Gasteiger partial charge in [0.2, 0.25) is 5.91 Å². The van der Waals surface area contributed by atoms with Crippen molar-refractivity contribution in [3.63, 3.8) is 0 Å². The third-order valence-electron chi connectivity index (χ3n) is 3.18. The molecule has 0 saturated carbocycles. The first-order valence-corrected chi connectivity index (χ1v) is 7.03. The van der Waals surface area contributed by atoms with Crippen LogP contribution in [0.25, 0.3) is 5.69 Å². The van der Waals surface area contributed by atoms with E-state index in [1.54, 1.807) is 41.3 Å². The molecule has 0 saturated heterocycles. The van der Waals surface area contributed by atoms with Crippen LogP contribution in [0.3, 0.4) is 0 Å². The highest BCUT2D eigenvalue weighted by Crippen LogP contribution is 2.25. The van der Waals surface area contributed by atoms with Crippen molar-refractivity contribution in [1.82, 2.24) is 9.78 Å². The molecule has 5 nitrogen and oxygen atoms in total. The van der Waals surface area contributed by atoms with Crippen LogP contribution in [-0.2, 0) is 4.79 Å². The van der Waals surface area contributed by atoms with E-state index in [1.165, 1.54) is 0 Å². The molecule has 1 aromatic carbocycles. The van der Waals surface area contributed by atoms with Gasteiger partial charge in [0.05, 0.1) is 17.4 Å². The number of halogens is 1. The number of benzene rings is 1. The summed E-state index contributed by atoms with van der Waals surface area (Å²) < 4.78 is 1.66. The number of rotatable bonds is 3. The molecule has 0 unspecified atom stereocenters. The van der Waals surface area contributed by atoms with Gasteiger partial charge in [0.1, 0.15) is 0 Å². The summed E-state index contributed by atoms with van der Waals surface area (Å²) in [5.41, 5.74) is 6.97. The Morgan fingerprint density at radius 1 is 1.43 bits per heavy atom. The third-order valence-corrected chi connectivity index (χ3v) is 3.42. The Bertz CT molecular complexity index is 632. The fraction of sp³-hybridized carbons (Fsp3) is 0.333. The molecule has 0 bridgehead atoms. The van der Waals surface area contributed by atoms with E-state index in [2.05, 4.69) is 10.4 Å². The van der Waals surface area contributed by atoms with E-state index in [0.29, 0.717) is 10.7 Å². The summed E-state index contributed by atoms with van der Waals surface area (Å²) in [6.45, 7) is 5.76. The molecular weight excluding hydrogens is 288 g/mol. The number of nitrogens with zero attached hydrogens (tertiary/aromatic N) is 2. The molecule has 0 aliphatic rings. The van der Waals surface area contributed by atoms with Crippen LogP contribution in [0.5, 0.6) is 0 Å². The van der Waals surface area contributed by atoms with Crippen LogP contribution in [0.4, 0.5) is 5.69 Å². The Kier molecular flexibility index (Phi) is 4.34. The highest BCUT2D eigenvalue weighted by Gasteiger charge is 2.28. The number of nitrogens with one attached hydrogen (secondary N) is 1. The summed E-state index contributed by atoms with van der Waals surface area (Å²) in [5.74, 6) is -0.252. The predicted molar refractivity (Wildman–Crippen MR) is 84.6 cm³/mol. The average Bonchev–Trinajstić information content (AvgIpc) is 2.90. The summed E-state index contributed by atoms with van der Waals surface area (Å²) in [6.07, 6.45) is 3.46. The second-order valence-corrected chi connectivity index (χ2v) is 6.38. The molecule has 2 aromatic rings. The van der Waals surface area contributed by atoms with E-state index in [4.69, 9.17) is 17.3 Å². The highest BCUT2D eigenvalue weighted by molar-refractivity contribution is 6.31. The van der Waals surface area contributed by atoms with E-state index < -0.39 is 6.04 Å². The van der Waals surface area contributed by atoms with Gasteiger partial charge in [0.15, 0.2) is 0 Å². The first-order valence-electron chi connectivity index (χ1n) is 6.65. The minimum absolute atomic E-state index is 0.252. The number of carbonyl (C=O) groups is 1. The maximum Gasteiger partial charge on any atom is 0.241 e. The molecule has 1 heterocycles. The Labute approximate surface area is 129 Å². The minimum atomic E-state index is -0.623. The molecule has 6 heteroatoms. The first kappa shape index (κ1) is 15.5. The summed E-state index contributed by atoms with van der Waals surface area (Å²) in [6, 6.07) is 6.42. The fourth-order valence-electron chi connectivity index (χ4n) is 1.82. The maximum atomic E-state index is 12.3. The lowest BCUT2D eigenvalue weighted by Gasteiger charge is -2.26. The molecule has 0 spiro atoms. The summed E-state index contributed by atoms with van der Waals surface area (Å²) in [4.78, 5) is 12.3. The summed E-state index contributed by atoms with van der Waals surface area (Å²) in [7, 11) is 0. The molecule has 0 aliphatic carbocycles. The van der Waals surface area contributed by atoms with Gasteiger partial charge in [-0.15, -0.1) is 0 Å². The Balaban J connectivity index is 2.32. The zero-order valence-electron chi connectivity index (χ0n) is 12.3. The van der Waals surface area contributed by atoms with Crippen molar-refractivity contribution in [1.29, 1.82) is 0 Å². The number of hydrogen-bond donors (Lipinski definition) is 2. The SMILES string of the molecule is CC(C)(C)[C@@H](N)C(=O)Nc1cc(Cl)ccc1-n1cccn1. The van der Waals surface area contributed by atoms with Gasteiger partial charge in [0, 0.05) is 17.4 Å². The van der Waals surface area contributed by atoms with E-state index in [-0.39, 0.29) is 11.3 Å². The molecule has 2 rings (SSSR count). The molecule has 0 fully saturated rings. The normalized spacial score (nSPS) is 13.0. The van der Waals surface area contributed by atoms with Gasteiger partial charge in [-0.25, -0.2) is 4.68 Å². The van der Waals surface area contributed by atoms with Crippen LogP contribution < -0.4 is 11.1 Å². The van der Waals surface area contributed by atoms with Gasteiger partial charge in [-0.3, -0.25) is 4.79 Å². The average molecular weight is 307 g/mol. The molecule has 1 aromatic heterocycles. The number of nitrogens with two attached hydrogens (primary N) is 1. The number of hydrogen-bond acceptors (Lipinski definition) is 3. The Morgan fingerprint density at radius 2 is 2.14 bits per heavy atom. The molecule has 1 amide bonds. The van der Waals surface area contributed by atoms with E-state index >= 15 is 0 Å². The van der Waals surface area contributed by atoms with Gasteiger partial charge in [-0.1, -0.05) is 32.4 Å². The topological polar surface area (TPSA) is 72.9 Å². The standard InChI is InChI=1S/C15H19ClN4O/c1-15(2,3)13(17)14(21)19-11-9-10(16)5-6-12(11)20-8-4-7-18-20/h4-9,13H,17H2,1-3H3,(H,19,21)/t13-/m0/s1. The van der Waals surface area contributed by atoms with Crippen LogP contribution in [-0.4, -0.2) is 21.7 Å². The van der Waals surface area contributed by atoms with Gasteiger partial charge < -0.3 is 11.1 Å². The molecule has 0 aliphatic heterocycles. The maximum absolute atomic E-state index is 12.3. The zero-order chi connectivity index (χ0) is 15.6. The van der Waals surface area contributed by atoms with Crippen LogP contribution in [0.1, 0.15) is 20.8 Å². The predicted octanol–water partition coefficient (Wildman–Crippen LogP) is 2.84. The van der Waals surface area contributed by atoms with Crippen molar-refractivity contribution in [2.24, 2.45) is 11.1 Å². The van der Waals surface area contributed by atoms with Gasteiger partial charge in [-0.2, -0.15) is 5.10 Å². The monoisotopic (exact) mass is 306 g/mol. The summed E-state index contributed by atoms with van der Waals surface area (Å²) in [5, 5.41) is 7.54. The van der Waals surface area contributed by atoms with Gasteiger partial charge in [-0.05, 0) is 29.7 Å². The molecule has 112 valence electrons. The number of anilines is 1. The first-order chi connectivity index (χ1) is 9.79. The smallest absolute Gasteiger partial charge is 0.241 e. The van der Waals surface area contributed by atoms with Gasteiger partial charge in [0.25, 0.3) is 0 Å². The van der Waals surface area contributed by atoms with E-state index in [0.717, 1.165) is 5.69 Å². The number of amides is 1. The van der Waals surface area contributed by atoms with E-state index in [1.807, 2.05) is 20.8 Å². The lowest BCUT2D eigenvalue weighted by atomic mass is 9.87. The summed E-state index contributed by atoms with van der Waals surface area (Å²) >= 11 is 6.02. The lowest BCUT2D eigenvalue weighted by Crippen LogP contribution is -2.45. The number of aromatic nitrogens is 2. The molecule has 1 atom stereocenters. The van der Waals surface area contributed by atoms with Crippen molar-refractivity contribution in [2.75, 3.05) is 5.32 Å². The molecule has 3 N–H and O–H groups in total. The molecule has 21 heavy (non-hydrogen) atoms. The largest absolute Gasteiger partial charge is 0.323 e. The van der Waals surface area contributed by atoms with Crippen molar-refractivity contribution in [3.05, 3.63) is 41.7 Å². The van der Waals surface area contributed by atoms with Crippen LogP contribution >= 0.6 is 11.6 Å². The second kappa shape index (κ2) is 5.87. The highest BCUT2D eigenvalue weighted by atomic mass is 35.5. The van der Waals surface area contributed by atoms with Crippen LogP contribution in [0.2, 0.25) is 5.02 Å². The van der Waals surface area contributed by atoms with Gasteiger partial charge >= 0.3 is 0 Å². The third kappa shape index (κ3) is 3.62. The van der Waals surface area contributed by atoms with E-state index in [9.17, 15) is 4.79 Å². The van der Waals surface area contributed by atoms with Crippen molar-refractivity contribution >= 4 is 23.2 Å². The lowest BCUT2D eigenvalue weighted by molar-refractivity contribution is -0.119. The Hall–Kier alpha value is -1.85. The second-order valence-electron chi connectivity index (χ2n) is 5.95. The molecular formula is C15H19ClN4O.